The van der Waals surface area contributed by atoms with E-state index < -0.39 is 0 Å². The van der Waals surface area contributed by atoms with Crippen LogP contribution in [0.1, 0.15) is 26.3 Å². The Morgan fingerprint density at radius 2 is 1.85 bits per heavy atom. The fourth-order valence-corrected chi connectivity index (χ4v) is 2.44. The number of anilines is 1. The van der Waals surface area contributed by atoms with Crippen molar-refractivity contribution in [1.82, 2.24) is 10.2 Å². The van der Waals surface area contributed by atoms with Crippen LogP contribution in [0.3, 0.4) is 0 Å². The summed E-state index contributed by atoms with van der Waals surface area (Å²) in [5, 5.41) is 7.86. The summed E-state index contributed by atoms with van der Waals surface area (Å²) in [6.07, 6.45) is 0. The van der Waals surface area contributed by atoms with Crippen molar-refractivity contribution in [3.63, 3.8) is 0 Å². The number of rotatable bonds is 0. The summed E-state index contributed by atoms with van der Waals surface area (Å²) < 4.78 is 0.736. The van der Waals surface area contributed by atoms with Crippen molar-refractivity contribution in [2.24, 2.45) is 0 Å². The summed E-state index contributed by atoms with van der Waals surface area (Å²) in [5.74, 6) is 0.370. The van der Waals surface area contributed by atoms with Gasteiger partial charge in [0.05, 0.1) is 4.47 Å². The third kappa shape index (κ3) is 2.11. The van der Waals surface area contributed by atoms with Crippen molar-refractivity contribution in [2.75, 3.05) is 5.73 Å². The van der Waals surface area contributed by atoms with Crippen molar-refractivity contribution in [2.45, 2.75) is 26.2 Å². The van der Waals surface area contributed by atoms with Crippen LogP contribution in [-0.4, -0.2) is 10.2 Å². The van der Waals surface area contributed by atoms with E-state index in [-0.39, 0.29) is 5.41 Å². The molecule has 0 saturated carbocycles. The van der Waals surface area contributed by atoms with Crippen LogP contribution < -0.4 is 5.73 Å². The Labute approximate surface area is 90.8 Å². The number of nitrogens with zero attached hydrogens (tertiary/aromatic N) is 2. The Bertz CT molecular complexity index is 333. The molecule has 0 spiro atoms. The minimum absolute atomic E-state index is 0.0972. The van der Waals surface area contributed by atoms with E-state index in [2.05, 4.69) is 26.1 Å². The van der Waals surface area contributed by atoms with E-state index in [4.69, 9.17) is 17.3 Å². The average molecular weight is 265 g/mol. The monoisotopic (exact) mass is 263 g/mol. The SMILES string of the molecule is CC(C)(C)c1c(Cl)nnc(N)c1Br. The fourth-order valence-electron chi connectivity index (χ4n) is 1.05. The van der Waals surface area contributed by atoms with Gasteiger partial charge in [0.25, 0.3) is 0 Å². The van der Waals surface area contributed by atoms with Gasteiger partial charge in [0.1, 0.15) is 0 Å². The number of nitrogens with two attached hydrogens (primary N) is 1. The summed E-state index contributed by atoms with van der Waals surface area (Å²) in [6.45, 7) is 6.13. The first-order chi connectivity index (χ1) is 5.84. The third-order valence-corrected chi connectivity index (χ3v) is 2.71. The smallest absolute Gasteiger partial charge is 0.160 e. The molecule has 13 heavy (non-hydrogen) atoms. The summed E-state index contributed by atoms with van der Waals surface area (Å²) in [4.78, 5) is 0. The molecule has 5 heteroatoms. The van der Waals surface area contributed by atoms with Crippen LogP contribution in [0, 0.1) is 0 Å². The summed E-state index contributed by atoms with van der Waals surface area (Å²) in [5.41, 5.74) is 6.40. The second-order valence-electron chi connectivity index (χ2n) is 3.82. The lowest BCUT2D eigenvalue weighted by Gasteiger charge is -2.21. The van der Waals surface area contributed by atoms with Crippen molar-refractivity contribution in [3.8, 4) is 0 Å². The largest absolute Gasteiger partial charge is 0.381 e. The molecule has 1 aromatic heterocycles. The molecule has 3 nitrogen and oxygen atoms in total. The second-order valence-corrected chi connectivity index (χ2v) is 4.97. The van der Waals surface area contributed by atoms with Crippen LogP contribution in [-0.2, 0) is 5.41 Å². The summed E-state index contributed by atoms with van der Waals surface area (Å²) in [6, 6.07) is 0. The molecular weight excluding hydrogens is 253 g/mol. The molecule has 1 aromatic rings. The van der Waals surface area contributed by atoms with Gasteiger partial charge in [0.2, 0.25) is 0 Å². The van der Waals surface area contributed by atoms with Gasteiger partial charge in [-0.15, -0.1) is 10.2 Å². The minimum atomic E-state index is -0.0972. The molecule has 0 aliphatic heterocycles. The van der Waals surface area contributed by atoms with Crippen molar-refractivity contribution in [1.29, 1.82) is 0 Å². The number of hydrogen-bond acceptors (Lipinski definition) is 3. The quantitative estimate of drug-likeness (QED) is 0.784. The number of hydrogen-bond donors (Lipinski definition) is 1. The lowest BCUT2D eigenvalue weighted by atomic mass is 9.88. The highest BCUT2D eigenvalue weighted by Gasteiger charge is 2.23. The highest BCUT2D eigenvalue weighted by atomic mass is 79.9. The van der Waals surface area contributed by atoms with Crippen LogP contribution in [0.5, 0.6) is 0 Å². The van der Waals surface area contributed by atoms with E-state index in [9.17, 15) is 0 Å². The zero-order valence-corrected chi connectivity index (χ0v) is 10.1. The van der Waals surface area contributed by atoms with Gasteiger partial charge in [-0.25, -0.2) is 0 Å². The second kappa shape index (κ2) is 3.42. The van der Waals surface area contributed by atoms with Gasteiger partial charge < -0.3 is 5.73 Å². The molecule has 1 heterocycles. The van der Waals surface area contributed by atoms with Crippen LogP contribution in [0.25, 0.3) is 0 Å². The fraction of sp³-hybridized carbons (Fsp3) is 0.500. The average Bonchev–Trinajstić information content (AvgIpc) is 1.95. The van der Waals surface area contributed by atoms with Crippen molar-refractivity contribution in [3.05, 3.63) is 15.2 Å². The molecule has 72 valence electrons. The standard InChI is InChI=1S/C8H11BrClN3/c1-8(2,3)4-5(9)7(11)13-12-6(4)10/h1-3H3,(H2,11,13). The molecule has 1 rings (SSSR count). The van der Waals surface area contributed by atoms with Crippen molar-refractivity contribution >= 4 is 33.3 Å². The summed E-state index contributed by atoms with van der Waals surface area (Å²) in [7, 11) is 0. The number of nitrogen functional groups attached to an aromatic ring is 1. The highest BCUT2D eigenvalue weighted by Crippen LogP contribution is 2.36. The van der Waals surface area contributed by atoms with Gasteiger partial charge in [-0.05, 0) is 21.3 Å². The van der Waals surface area contributed by atoms with E-state index in [0.717, 1.165) is 10.0 Å². The first-order valence-electron chi connectivity index (χ1n) is 3.81. The molecule has 0 amide bonds. The normalized spacial score (nSPS) is 11.8. The zero-order valence-electron chi connectivity index (χ0n) is 7.73. The Hall–Kier alpha value is -0.350. The van der Waals surface area contributed by atoms with Gasteiger partial charge in [-0.1, -0.05) is 32.4 Å². The Morgan fingerprint density at radius 1 is 1.31 bits per heavy atom. The highest BCUT2D eigenvalue weighted by molar-refractivity contribution is 9.10. The minimum Gasteiger partial charge on any atom is -0.381 e. The Morgan fingerprint density at radius 3 is 2.23 bits per heavy atom. The van der Waals surface area contributed by atoms with Crippen molar-refractivity contribution < 1.29 is 0 Å². The van der Waals surface area contributed by atoms with Gasteiger partial charge >= 0.3 is 0 Å². The zero-order chi connectivity index (χ0) is 10.2. The van der Waals surface area contributed by atoms with E-state index in [1.54, 1.807) is 0 Å². The molecule has 0 fully saturated rings. The molecule has 0 aliphatic rings. The first-order valence-corrected chi connectivity index (χ1v) is 4.98. The van der Waals surface area contributed by atoms with Gasteiger partial charge in [-0.3, -0.25) is 0 Å². The number of halogens is 2. The van der Waals surface area contributed by atoms with Crippen LogP contribution in [0.15, 0.2) is 4.47 Å². The van der Waals surface area contributed by atoms with Gasteiger partial charge in [-0.2, -0.15) is 0 Å². The molecule has 0 saturated heterocycles. The molecule has 2 N–H and O–H groups in total. The molecule has 0 atom stereocenters. The lowest BCUT2D eigenvalue weighted by Crippen LogP contribution is -2.15. The Kier molecular flexibility index (Phi) is 2.82. The molecule has 0 unspecified atom stereocenters. The molecule has 0 aromatic carbocycles. The van der Waals surface area contributed by atoms with E-state index in [1.807, 2.05) is 20.8 Å². The third-order valence-electron chi connectivity index (χ3n) is 1.65. The molecular formula is C8H11BrClN3. The summed E-state index contributed by atoms with van der Waals surface area (Å²) >= 11 is 9.28. The molecule has 0 bridgehead atoms. The Balaban J connectivity index is 3.43. The van der Waals surface area contributed by atoms with E-state index >= 15 is 0 Å². The molecule has 0 aliphatic carbocycles. The number of aromatic nitrogens is 2. The van der Waals surface area contributed by atoms with Crippen LogP contribution in [0.2, 0.25) is 5.15 Å². The van der Waals surface area contributed by atoms with E-state index in [0.29, 0.717) is 11.0 Å². The maximum absolute atomic E-state index is 5.93. The lowest BCUT2D eigenvalue weighted by molar-refractivity contribution is 0.582. The van der Waals surface area contributed by atoms with Crippen LogP contribution in [0.4, 0.5) is 5.82 Å². The maximum atomic E-state index is 5.93. The predicted octanol–water partition coefficient (Wildman–Crippen LogP) is 2.77. The first kappa shape index (κ1) is 10.7. The van der Waals surface area contributed by atoms with E-state index in [1.165, 1.54) is 0 Å². The maximum Gasteiger partial charge on any atom is 0.160 e. The predicted molar refractivity (Wildman–Crippen MR) is 57.9 cm³/mol. The van der Waals surface area contributed by atoms with Crippen LogP contribution >= 0.6 is 27.5 Å². The van der Waals surface area contributed by atoms with Gasteiger partial charge in [0.15, 0.2) is 11.0 Å². The molecule has 0 radical (unpaired) electrons. The topological polar surface area (TPSA) is 51.8 Å². The van der Waals surface area contributed by atoms with Gasteiger partial charge in [0, 0.05) is 5.56 Å².